The second-order valence-corrected chi connectivity index (χ2v) is 5.26. The Balaban J connectivity index is 1.65. The summed E-state index contributed by atoms with van der Waals surface area (Å²) in [6.07, 6.45) is 0. The zero-order valence-corrected chi connectivity index (χ0v) is 12.7. The van der Waals surface area contributed by atoms with Gasteiger partial charge in [0, 0.05) is 6.07 Å². The topological polar surface area (TPSA) is 26.3 Å². The van der Waals surface area contributed by atoms with Crippen molar-refractivity contribution >= 4 is 5.97 Å². The van der Waals surface area contributed by atoms with Gasteiger partial charge in [0.05, 0.1) is 5.56 Å². The van der Waals surface area contributed by atoms with Crippen LogP contribution in [0.15, 0.2) is 72.8 Å². The predicted molar refractivity (Wildman–Crippen MR) is 87.4 cm³/mol. The molecule has 0 bridgehead atoms. The van der Waals surface area contributed by atoms with Crippen molar-refractivity contribution < 1.29 is 18.3 Å². The minimum absolute atomic E-state index is 0.0186. The molecule has 0 fully saturated rings. The number of rotatable bonds is 4. The van der Waals surface area contributed by atoms with Crippen molar-refractivity contribution in [1.82, 2.24) is 0 Å². The van der Waals surface area contributed by atoms with E-state index in [1.54, 1.807) is 0 Å². The fourth-order valence-corrected chi connectivity index (χ4v) is 2.31. The molecule has 0 saturated carbocycles. The van der Waals surface area contributed by atoms with Crippen LogP contribution in [0.5, 0.6) is 0 Å². The molecule has 0 radical (unpaired) electrons. The lowest BCUT2D eigenvalue weighted by molar-refractivity contribution is 0.0467. The number of hydrogen-bond donors (Lipinski definition) is 0. The van der Waals surface area contributed by atoms with Crippen LogP contribution in [0.25, 0.3) is 11.1 Å². The number of carbonyl (C=O) groups excluding carboxylic acids is 1. The summed E-state index contributed by atoms with van der Waals surface area (Å²) in [5.74, 6) is -2.49. The monoisotopic (exact) mass is 324 g/mol. The van der Waals surface area contributed by atoms with Crippen LogP contribution in [0.2, 0.25) is 0 Å². The van der Waals surface area contributed by atoms with Gasteiger partial charge in [-0.1, -0.05) is 54.6 Å². The number of hydrogen-bond acceptors (Lipinski definition) is 2. The normalized spacial score (nSPS) is 10.4. The molecule has 4 heteroatoms. The first-order chi connectivity index (χ1) is 11.6. The molecule has 120 valence electrons. The van der Waals surface area contributed by atoms with Gasteiger partial charge < -0.3 is 4.74 Å². The van der Waals surface area contributed by atoms with Crippen molar-refractivity contribution in [3.63, 3.8) is 0 Å². The lowest BCUT2D eigenvalue weighted by atomic mass is 10.0. The zero-order chi connectivity index (χ0) is 16.9. The van der Waals surface area contributed by atoms with E-state index >= 15 is 0 Å². The van der Waals surface area contributed by atoms with Crippen molar-refractivity contribution in [1.29, 1.82) is 0 Å². The molecule has 0 amide bonds. The fraction of sp³-hybridized carbons (Fsp3) is 0.0500. The van der Waals surface area contributed by atoms with Crippen LogP contribution in [-0.2, 0) is 11.3 Å². The van der Waals surface area contributed by atoms with Crippen LogP contribution in [0.4, 0.5) is 8.78 Å². The fourth-order valence-electron chi connectivity index (χ4n) is 2.31. The first kappa shape index (κ1) is 15.9. The van der Waals surface area contributed by atoms with E-state index in [9.17, 15) is 13.6 Å². The third-order valence-corrected chi connectivity index (χ3v) is 3.58. The maximum Gasteiger partial charge on any atom is 0.341 e. The van der Waals surface area contributed by atoms with E-state index in [1.165, 1.54) is 0 Å². The highest BCUT2D eigenvalue weighted by Crippen LogP contribution is 2.20. The van der Waals surface area contributed by atoms with Gasteiger partial charge in [-0.2, -0.15) is 0 Å². The van der Waals surface area contributed by atoms with Crippen molar-refractivity contribution in [3.8, 4) is 11.1 Å². The van der Waals surface area contributed by atoms with Crippen LogP contribution in [0.3, 0.4) is 0 Å². The van der Waals surface area contributed by atoms with Crippen LogP contribution in [0, 0.1) is 11.6 Å². The Kier molecular flexibility index (Phi) is 4.66. The summed E-state index contributed by atoms with van der Waals surface area (Å²) < 4.78 is 31.5. The largest absolute Gasteiger partial charge is 0.457 e. The quantitative estimate of drug-likeness (QED) is 0.632. The lowest BCUT2D eigenvalue weighted by Crippen LogP contribution is -2.07. The molecule has 0 aliphatic carbocycles. The van der Waals surface area contributed by atoms with Crippen LogP contribution < -0.4 is 0 Å². The first-order valence-corrected chi connectivity index (χ1v) is 7.40. The van der Waals surface area contributed by atoms with Crippen molar-refractivity contribution in [2.24, 2.45) is 0 Å². The van der Waals surface area contributed by atoms with Crippen molar-refractivity contribution in [2.45, 2.75) is 6.61 Å². The summed E-state index contributed by atoms with van der Waals surface area (Å²) in [7, 11) is 0. The predicted octanol–water partition coefficient (Wildman–Crippen LogP) is 4.99. The number of carbonyl (C=O) groups is 1. The molecule has 24 heavy (non-hydrogen) atoms. The number of halogens is 2. The molecular formula is C20H14F2O2. The maximum absolute atomic E-state index is 13.5. The van der Waals surface area contributed by atoms with E-state index < -0.39 is 17.6 Å². The van der Waals surface area contributed by atoms with Crippen LogP contribution in [-0.4, -0.2) is 5.97 Å². The maximum atomic E-state index is 13.5. The molecule has 0 heterocycles. The molecule has 0 aliphatic heterocycles. The highest BCUT2D eigenvalue weighted by molar-refractivity contribution is 5.89. The molecule has 0 atom stereocenters. The second-order valence-electron chi connectivity index (χ2n) is 5.26. The van der Waals surface area contributed by atoms with Gasteiger partial charge in [0.1, 0.15) is 18.2 Å². The van der Waals surface area contributed by atoms with E-state index in [0.29, 0.717) is 6.07 Å². The van der Waals surface area contributed by atoms with Crippen LogP contribution in [0.1, 0.15) is 15.9 Å². The van der Waals surface area contributed by atoms with Crippen LogP contribution >= 0.6 is 0 Å². The SMILES string of the molecule is O=C(OCc1ccc(-c2ccccc2)cc1)c1ccc(F)cc1F. The highest BCUT2D eigenvalue weighted by atomic mass is 19.1. The summed E-state index contributed by atoms with van der Waals surface area (Å²) in [4.78, 5) is 11.9. The Morgan fingerprint density at radius 3 is 2.17 bits per heavy atom. The van der Waals surface area contributed by atoms with Gasteiger partial charge in [0.25, 0.3) is 0 Å². The molecule has 0 saturated heterocycles. The van der Waals surface area contributed by atoms with E-state index in [-0.39, 0.29) is 12.2 Å². The summed E-state index contributed by atoms with van der Waals surface area (Å²) in [6, 6.07) is 20.2. The Bertz CT molecular complexity index is 843. The van der Waals surface area contributed by atoms with E-state index in [1.807, 2.05) is 54.6 Å². The standard InChI is InChI=1S/C20H14F2O2/c21-17-10-11-18(19(22)12-17)20(23)24-13-14-6-8-16(9-7-14)15-4-2-1-3-5-15/h1-12H,13H2. The molecule has 0 aliphatic rings. The molecule has 0 aromatic heterocycles. The second kappa shape index (κ2) is 7.04. The highest BCUT2D eigenvalue weighted by Gasteiger charge is 2.14. The third-order valence-electron chi connectivity index (χ3n) is 3.58. The minimum Gasteiger partial charge on any atom is -0.457 e. The number of ether oxygens (including phenoxy) is 1. The number of benzene rings is 3. The molecule has 0 spiro atoms. The summed E-state index contributed by atoms with van der Waals surface area (Å²) in [6.45, 7) is 0.0186. The number of esters is 1. The molecule has 2 nitrogen and oxygen atoms in total. The first-order valence-electron chi connectivity index (χ1n) is 7.40. The van der Waals surface area contributed by atoms with Gasteiger partial charge in [-0.25, -0.2) is 13.6 Å². The summed E-state index contributed by atoms with van der Waals surface area (Å²) in [5.41, 5.74) is 2.65. The molecule has 0 unspecified atom stereocenters. The molecule has 3 aromatic carbocycles. The van der Waals surface area contributed by atoms with Gasteiger partial charge in [-0.3, -0.25) is 0 Å². The van der Waals surface area contributed by atoms with Gasteiger partial charge >= 0.3 is 5.97 Å². The van der Waals surface area contributed by atoms with E-state index in [2.05, 4.69) is 0 Å². The average Bonchev–Trinajstić information content (AvgIpc) is 2.61. The van der Waals surface area contributed by atoms with Gasteiger partial charge in [0.15, 0.2) is 0 Å². The van der Waals surface area contributed by atoms with Gasteiger partial charge in [-0.05, 0) is 28.8 Å². The molecular weight excluding hydrogens is 310 g/mol. The zero-order valence-electron chi connectivity index (χ0n) is 12.7. The molecule has 0 N–H and O–H groups in total. The van der Waals surface area contributed by atoms with Crippen molar-refractivity contribution in [3.05, 3.63) is 95.6 Å². The Morgan fingerprint density at radius 1 is 0.833 bits per heavy atom. The Hall–Kier alpha value is -3.01. The summed E-state index contributed by atoms with van der Waals surface area (Å²) in [5, 5.41) is 0. The smallest absolute Gasteiger partial charge is 0.341 e. The summed E-state index contributed by atoms with van der Waals surface area (Å²) >= 11 is 0. The Labute approximate surface area is 138 Å². The molecule has 3 aromatic rings. The van der Waals surface area contributed by atoms with E-state index in [0.717, 1.165) is 28.8 Å². The van der Waals surface area contributed by atoms with Gasteiger partial charge in [0.2, 0.25) is 0 Å². The lowest BCUT2D eigenvalue weighted by Gasteiger charge is -2.07. The minimum atomic E-state index is -0.931. The Morgan fingerprint density at radius 2 is 1.50 bits per heavy atom. The average molecular weight is 324 g/mol. The van der Waals surface area contributed by atoms with Gasteiger partial charge in [-0.15, -0.1) is 0 Å². The van der Waals surface area contributed by atoms with E-state index in [4.69, 9.17) is 4.74 Å². The third kappa shape index (κ3) is 3.66. The molecule has 3 rings (SSSR count). The van der Waals surface area contributed by atoms with Crippen molar-refractivity contribution in [2.75, 3.05) is 0 Å².